The Kier molecular flexibility index (Phi) is 6.28. The Labute approximate surface area is 195 Å². The number of hydrogen-bond donors (Lipinski definition) is 1. The third-order valence-corrected chi connectivity index (χ3v) is 6.74. The molecule has 1 N–H and O–H groups in total. The average Bonchev–Trinajstić information content (AvgIpc) is 3.09. The first-order valence-electron chi connectivity index (χ1n) is 11.6. The summed E-state index contributed by atoms with van der Waals surface area (Å²) in [5, 5.41) is 11.5. The third kappa shape index (κ3) is 4.26. The molecule has 0 bridgehead atoms. The molecule has 1 aliphatic heterocycles. The lowest BCUT2D eigenvalue weighted by atomic mass is 9.85. The number of aliphatic hydroxyl groups is 1. The molecule has 4 rings (SSSR count). The van der Waals surface area contributed by atoms with Gasteiger partial charge in [-0.2, -0.15) is 0 Å². The molecule has 2 aromatic rings. The summed E-state index contributed by atoms with van der Waals surface area (Å²) in [4.78, 5) is 32.8. The van der Waals surface area contributed by atoms with E-state index in [9.17, 15) is 14.7 Å². The summed E-state index contributed by atoms with van der Waals surface area (Å²) in [6, 6.07) is 10.3. The van der Waals surface area contributed by atoms with Gasteiger partial charge in [-0.15, -0.1) is 0 Å². The Hall–Kier alpha value is -3.15. The summed E-state index contributed by atoms with van der Waals surface area (Å²) in [5.74, 6) is -1.00. The van der Waals surface area contributed by atoms with Crippen molar-refractivity contribution in [2.24, 2.45) is 0 Å². The van der Waals surface area contributed by atoms with Gasteiger partial charge in [-0.3, -0.25) is 14.6 Å². The molecule has 6 nitrogen and oxygen atoms in total. The zero-order valence-electron chi connectivity index (χ0n) is 19.8. The molecule has 1 amide bonds. The van der Waals surface area contributed by atoms with E-state index in [1.54, 1.807) is 23.2 Å². The minimum Gasteiger partial charge on any atom is -0.507 e. The van der Waals surface area contributed by atoms with Crippen LogP contribution in [0, 0.1) is 0 Å². The maximum Gasteiger partial charge on any atom is 0.295 e. The fourth-order valence-corrected chi connectivity index (χ4v) is 4.92. The highest BCUT2D eigenvalue weighted by molar-refractivity contribution is 6.46. The minimum atomic E-state index is -0.725. The SMILES string of the molecule is COc1ccc(C(C)(C)C)cc1/C(O)=C1\C(=O)C(=O)N(C2CCCCC2)C1c1ccccn1. The fraction of sp³-hybridized carbons (Fsp3) is 0.444. The number of likely N-dealkylation sites (tertiary alicyclic amines) is 1. The maximum atomic E-state index is 13.4. The first-order chi connectivity index (χ1) is 15.7. The summed E-state index contributed by atoms with van der Waals surface area (Å²) >= 11 is 0. The normalized spacial score (nSPS) is 21.5. The Bertz CT molecular complexity index is 1080. The van der Waals surface area contributed by atoms with Crippen LogP contribution in [0.25, 0.3) is 5.76 Å². The number of amides is 1. The molecule has 2 fully saturated rings. The number of rotatable bonds is 4. The van der Waals surface area contributed by atoms with Crippen molar-refractivity contribution in [1.82, 2.24) is 9.88 Å². The molecule has 0 radical (unpaired) electrons. The molecule has 2 heterocycles. The summed E-state index contributed by atoms with van der Waals surface area (Å²) in [6.07, 6.45) is 6.51. The second-order valence-corrected chi connectivity index (χ2v) is 9.92. The molecule has 6 heteroatoms. The predicted molar refractivity (Wildman–Crippen MR) is 127 cm³/mol. The van der Waals surface area contributed by atoms with Crippen molar-refractivity contribution >= 4 is 17.4 Å². The van der Waals surface area contributed by atoms with Crippen molar-refractivity contribution in [2.45, 2.75) is 70.4 Å². The highest BCUT2D eigenvalue weighted by atomic mass is 16.5. The Morgan fingerprint density at radius 1 is 1.09 bits per heavy atom. The number of carbonyl (C=O) groups excluding carboxylic acids is 2. The largest absolute Gasteiger partial charge is 0.507 e. The van der Waals surface area contributed by atoms with Crippen LogP contribution < -0.4 is 4.74 Å². The number of pyridine rings is 1. The molecule has 2 aliphatic rings. The molecule has 174 valence electrons. The molecule has 1 aromatic carbocycles. The predicted octanol–water partition coefficient (Wildman–Crippen LogP) is 5.14. The van der Waals surface area contributed by atoms with Gasteiger partial charge in [-0.25, -0.2) is 0 Å². The van der Waals surface area contributed by atoms with E-state index in [0.717, 1.165) is 37.7 Å². The van der Waals surface area contributed by atoms with Crippen LogP contribution >= 0.6 is 0 Å². The highest BCUT2D eigenvalue weighted by Crippen LogP contribution is 2.44. The van der Waals surface area contributed by atoms with Gasteiger partial charge in [0.1, 0.15) is 17.6 Å². The number of nitrogens with zero attached hydrogens (tertiary/aromatic N) is 2. The maximum absolute atomic E-state index is 13.4. The number of carbonyl (C=O) groups is 2. The van der Waals surface area contributed by atoms with Crippen molar-refractivity contribution in [3.05, 3.63) is 65.0 Å². The van der Waals surface area contributed by atoms with Crippen molar-refractivity contribution < 1.29 is 19.4 Å². The molecule has 1 saturated carbocycles. The Balaban J connectivity index is 1.92. The fourth-order valence-electron chi connectivity index (χ4n) is 4.92. The quantitative estimate of drug-likeness (QED) is 0.398. The van der Waals surface area contributed by atoms with Gasteiger partial charge >= 0.3 is 0 Å². The van der Waals surface area contributed by atoms with Gasteiger partial charge in [-0.05, 0) is 48.1 Å². The van der Waals surface area contributed by atoms with Gasteiger partial charge < -0.3 is 14.7 Å². The number of methoxy groups -OCH3 is 1. The standard InChI is InChI=1S/C27H32N2O4/c1-27(2,3)17-13-14-21(33-4)19(16-17)24(30)22-23(20-12-8-9-15-28-20)29(26(32)25(22)31)18-10-6-5-7-11-18/h8-9,12-16,18,23,30H,5-7,10-11H2,1-4H3/b24-22+. The molecule has 0 spiro atoms. The lowest BCUT2D eigenvalue weighted by Crippen LogP contribution is -2.40. The number of benzene rings is 1. The van der Waals surface area contributed by atoms with Crippen LogP contribution in [0.3, 0.4) is 0 Å². The Morgan fingerprint density at radius 2 is 1.82 bits per heavy atom. The van der Waals surface area contributed by atoms with E-state index in [1.807, 2.05) is 24.3 Å². The molecule has 1 unspecified atom stereocenters. The number of hydrogen-bond acceptors (Lipinski definition) is 5. The molecule has 1 aliphatic carbocycles. The average molecular weight is 449 g/mol. The molecule has 1 saturated heterocycles. The van der Waals surface area contributed by atoms with E-state index in [-0.39, 0.29) is 22.8 Å². The lowest BCUT2D eigenvalue weighted by molar-refractivity contribution is -0.141. The smallest absolute Gasteiger partial charge is 0.295 e. The summed E-state index contributed by atoms with van der Waals surface area (Å²) in [6.45, 7) is 6.23. The topological polar surface area (TPSA) is 79.7 Å². The van der Waals surface area contributed by atoms with E-state index < -0.39 is 17.7 Å². The number of aliphatic hydroxyl groups excluding tert-OH is 1. The first-order valence-corrected chi connectivity index (χ1v) is 11.6. The second kappa shape index (κ2) is 9.00. The van der Waals surface area contributed by atoms with Crippen LogP contribution in [0.4, 0.5) is 0 Å². The second-order valence-electron chi connectivity index (χ2n) is 9.92. The van der Waals surface area contributed by atoms with Crippen LogP contribution in [0.15, 0.2) is 48.2 Å². The van der Waals surface area contributed by atoms with Crippen molar-refractivity contribution in [2.75, 3.05) is 7.11 Å². The molecule has 1 atom stereocenters. The van der Waals surface area contributed by atoms with Crippen molar-refractivity contribution in [3.8, 4) is 5.75 Å². The zero-order valence-corrected chi connectivity index (χ0v) is 19.8. The number of aromatic nitrogens is 1. The van der Waals surface area contributed by atoms with E-state index >= 15 is 0 Å². The monoisotopic (exact) mass is 448 g/mol. The number of ether oxygens (including phenoxy) is 1. The van der Waals surface area contributed by atoms with Crippen molar-refractivity contribution in [3.63, 3.8) is 0 Å². The Morgan fingerprint density at radius 3 is 2.42 bits per heavy atom. The number of Topliss-reactive ketones (excluding diaryl/α,β-unsaturated/α-hetero) is 1. The minimum absolute atomic E-state index is 0.0460. The zero-order chi connectivity index (χ0) is 23.8. The van der Waals surface area contributed by atoms with Crippen LogP contribution in [-0.4, -0.2) is 39.8 Å². The van der Waals surface area contributed by atoms with Crippen LogP contribution in [0.1, 0.15) is 75.7 Å². The van der Waals surface area contributed by atoms with Crippen LogP contribution in [0.2, 0.25) is 0 Å². The van der Waals surface area contributed by atoms with Crippen LogP contribution in [-0.2, 0) is 15.0 Å². The molecular weight excluding hydrogens is 416 g/mol. The molecule has 33 heavy (non-hydrogen) atoms. The summed E-state index contributed by atoms with van der Waals surface area (Å²) < 4.78 is 5.52. The van der Waals surface area contributed by atoms with Gasteiger partial charge in [0.15, 0.2) is 0 Å². The van der Waals surface area contributed by atoms with E-state index in [1.165, 1.54) is 7.11 Å². The van der Waals surface area contributed by atoms with Gasteiger partial charge in [0, 0.05) is 12.2 Å². The highest BCUT2D eigenvalue weighted by Gasteiger charge is 2.49. The lowest BCUT2D eigenvalue weighted by Gasteiger charge is -2.35. The summed E-state index contributed by atoms with van der Waals surface area (Å²) in [5.41, 5.74) is 1.88. The molecule has 1 aromatic heterocycles. The van der Waals surface area contributed by atoms with E-state index in [4.69, 9.17) is 4.74 Å². The van der Waals surface area contributed by atoms with E-state index in [0.29, 0.717) is 17.0 Å². The van der Waals surface area contributed by atoms with Gasteiger partial charge in [0.2, 0.25) is 0 Å². The van der Waals surface area contributed by atoms with Gasteiger partial charge in [-0.1, -0.05) is 52.2 Å². The molecular formula is C27H32N2O4. The number of ketones is 1. The van der Waals surface area contributed by atoms with Crippen molar-refractivity contribution in [1.29, 1.82) is 0 Å². The van der Waals surface area contributed by atoms with Gasteiger partial charge in [0.05, 0.1) is 23.9 Å². The summed E-state index contributed by atoms with van der Waals surface area (Å²) in [7, 11) is 1.53. The van der Waals surface area contributed by atoms with E-state index in [2.05, 4.69) is 25.8 Å². The third-order valence-electron chi connectivity index (χ3n) is 6.74. The first kappa shape index (κ1) is 23.0. The van der Waals surface area contributed by atoms with Gasteiger partial charge in [0.25, 0.3) is 11.7 Å². The van der Waals surface area contributed by atoms with Crippen LogP contribution in [0.5, 0.6) is 5.75 Å².